The average molecular weight is 934 g/mol. The van der Waals surface area contributed by atoms with Crippen molar-refractivity contribution in [1.29, 1.82) is 0 Å². The zero-order chi connectivity index (χ0) is 46.3. The molecular weight excluding hydrogens is 874 g/mol. The number of aliphatic hydroxyl groups excluding tert-OH is 1. The Morgan fingerprint density at radius 3 is 2.19 bits per heavy atom. The van der Waals surface area contributed by atoms with Gasteiger partial charge in [-0.3, -0.25) is 24.0 Å². The van der Waals surface area contributed by atoms with Crippen LogP contribution in [-0.2, 0) is 35.2 Å². The minimum Gasteiger partial charge on any atom is -0.480 e. The lowest BCUT2D eigenvalue weighted by Gasteiger charge is -2.40. The summed E-state index contributed by atoms with van der Waals surface area (Å²) >= 11 is 3.03. The van der Waals surface area contributed by atoms with Crippen molar-refractivity contribution in [2.45, 2.75) is 104 Å². The summed E-state index contributed by atoms with van der Waals surface area (Å²) < 4.78 is 30.6. The first kappa shape index (κ1) is 51.1. The Morgan fingerprint density at radius 1 is 0.919 bits per heavy atom. The fraction of sp³-hybridized carbons (Fsp3) is 0.512. The monoisotopic (exact) mass is 932 g/mol. The zero-order valence-electron chi connectivity index (χ0n) is 35.9. The molecule has 5 amide bonds. The summed E-state index contributed by atoms with van der Waals surface area (Å²) in [5.41, 5.74) is 7.33. The second kappa shape index (κ2) is 23.8. The van der Waals surface area contributed by atoms with Gasteiger partial charge in [-0.1, -0.05) is 80.9 Å². The molecule has 2 aromatic carbocycles. The quantitative estimate of drug-likeness (QED) is 0.0542. The molecule has 0 aliphatic carbocycles. The Hall–Kier alpha value is -5.27. The number of halogens is 3. The first-order valence-electron chi connectivity index (χ1n) is 20.4. The van der Waals surface area contributed by atoms with Gasteiger partial charge in [0.25, 0.3) is 0 Å². The van der Waals surface area contributed by atoms with Crippen molar-refractivity contribution in [3.63, 3.8) is 0 Å². The summed E-state index contributed by atoms with van der Waals surface area (Å²) in [7, 11) is 0. The van der Waals surface area contributed by atoms with Gasteiger partial charge in [0.1, 0.15) is 42.1 Å². The minimum absolute atomic E-state index is 0.0138. The molecule has 340 valence electrons. The van der Waals surface area contributed by atoms with Crippen molar-refractivity contribution in [3.8, 4) is 5.69 Å². The zero-order valence-corrected chi connectivity index (χ0v) is 37.5. The Labute approximate surface area is 368 Å². The van der Waals surface area contributed by atoms with E-state index in [-0.39, 0.29) is 49.3 Å². The Balaban J connectivity index is 1.66. The Morgan fingerprint density at radius 2 is 1.60 bits per heavy atom. The summed E-state index contributed by atoms with van der Waals surface area (Å²) in [5.74, 6) is -5.90. The molecule has 62 heavy (non-hydrogen) atoms. The number of carboxylic acids is 1. The summed E-state index contributed by atoms with van der Waals surface area (Å²) in [6.07, 6.45) is 2.52. The van der Waals surface area contributed by atoms with Crippen LogP contribution < -0.4 is 27.0 Å². The molecule has 0 radical (unpaired) electrons. The predicted molar refractivity (Wildman–Crippen MR) is 231 cm³/mol. The van der Waals surface area contributed by atoms with Crippen molar-refractivity contribution in [2.24, 2.45) is 17.1 Å². The summed E-state index contributed by atoms with van der Waals surface area (Å²) in [6, 6.07) is 7.19. The van der Waals surface area contributed by atoms with Crippen LogP contribution in [0.3, 0.4) is 0 Å². The highest BCUT2D eigenvalue weighted by Crippen LogP contribution is 2.40. The van der Waals surface area contributed by atoms with Gasteiger partial charge in [-0.05, 0) is 61.6 Å². The van der Waals surface area contributed by atoms with Crippen LogP contribution in [0, 0.1) is 23.0 Å². The van der Waals surface area contributed by atoms with Crippen molar-refractivity contribution >= 4 is 51.4 Å². The molecular formula is C43H59BrF2N8O8. The first-order valence-corrected chi connectivity index (χ1v) is 21.5. The van der Waals surface area contributed by atoms with Crippen LogP contribution in [0.5, 0.6) is 0 Å². The van der Waals surface area contributed by atoms with E-state index in [0.717, 1.165) is 23.8 Å². The topological polar surface area (TPSA) is 238 Å². The molecule has 1 unspecified atom stereocenters. The minimum atomic E-state index is -1.29. The maximum Gasteiger partial charge on any atom is 0.326 e. The molecule has 1 heterocycles. The normalized spacial score (nSPS) is 13.9. The number of alkyl halides is 1. The largest absolute Gasteiger partial charge is 0.480 e. The summed E-state index contributed by atoms with van der Waals surface area (Å²) in [5, 5.41) is 34.8. The van der Waals surface area contributed by atoms with E-state index in [9.17, 15) is 43.4 Å². The van der Waals surface area contributed by atoms with E-state index in [2.05, 4.69) is 37.2 Å². The predicted octanol–water partition coefficient (Wildman–Crippen LogP) is 3.26. The average Bonchev–Trinajstić information content (AvgIpc) is 3.62. The molecule has 0 spiro atoms. The fourth-order valence-corrected chi connectivity index (χ4v) is 6.96. The van der Waals surface area contributed by atoms with E-state index in [0.29, 0.717) is 24.1 Å². The van der Waals surface area contributed by atoms with Gasteiger partial charge in [0.15, 0.2) is 0 Å². The molecule has 0 fully saturated rings. The third-order valence-electron chi connectivity index (χ3n) is 10.1. The molecule has 19 heteroatoms. The smallest absolute Gasteiger partial charge is 0.326 e. The van der Waals surface area contributed by atoms with Crippen molar-refractivity contribution in [2.75, 3.05) is 25.0 Å². The van der Waals surface area contributed by atoms with Gasteiger partial charge < -0.3 is 42.1 Å². The van der Waals surface area contributed by atoms with E-state index in [1.807, 2.05) is 51.1 Å². The number of aromatic nitrogens is 2. The number of nitrogens with zero attached hydrogens (tertiary/aromatic N) is 3. The fourth-order valence-electron chi connectivity index (χ4n) is 6.80. The molecule has 0 aliphatic rings. The van der Waals surface area contributed by atoms with E-state index in [1.165, 1.54) is 16.5 Å². The van der Waals surface area contributed by atoms with E-state index in [4.69, 9.17) is 10.8 Å². The van der Waals surface area contributed by atoms with Crippen LogP contribution in [0.1, 0.15) is 90.1 Å². The van der Waals surface area contributed by atoms with Gasteiger partial charge in [0, 0.05) is 37.3 Å². The van der Waals surface area contributed by atoms with E-state index < -0.39 is 89.4 Å². The third-order valence-corrected chi connectivity index (χ3v) is 10.6. The van der Waals surface area contributed by atoms with Gasteiger partial charge in [0.2, 0.25) is 29.5 Å². The number of unbranched alkanes of at least 4 members (excludes halogenated alkanes) is 1. The lowest BCUT2D eigenvalue weighted by Crippen LogP contribution is -2.56. The Bertz CT molecular complexity index is 2010. The van der Waals surface area contributed by atoms with Gasteiger partial charge in [-0.25, -0.2) is 18.3 Å². The lowest BCUT2D eigenvalue weighted by atomic mass is 9.81. The maximum atomic E-state index is 15.0. The molecule has 0 aliphatic heterocycles. The number of carbonyl (C=O) groups excluding carboxylic acids is 5. The molecule has 0 bridgehead atoms. The van der Waals surface area contributed by atoms with Crippen LogP contribution in [0.25, 0.3) is 5.69 Å². The van der Waals surface area contributed by atoms with Crippen LogP contribution in [0.2, 0.25) is 0 Å². The summed E-state index contributed by atoms with van der Waals surface area (Å²) in [4.78, 5) is 77.4. The second-order valence-electron chi connectivity index (χ2n) is 16.5. The molecule has 0 saturated heterocycles. The number of carbonyl (C=O) groups is 6. The van der Waals surface area contributed by atoms with Crippen LogP contribution in [0.15, 0.2) is 54.7 Å². The highest BCUT2D eigenvalue weighted by atomic mass is 79.9. The third kappa shape index (κ3) is 15.0. The highest BCUT2D eigenvalue weighted by molar-refractivity contribution is 9.09. The Kier molecular flexibility index (Phi) is 19.6. The van der Waals surface area contributed by atoms with Crippen molar-refractivity contribution in [1.82, 2.24) is 35.9 Å². The molecule has 3 rings (SSSR count). The van der Waals surface area contributed by atoms with Crippen molar-refractivity contribution in [3.05, 3.63) is 83.2 Å². The molecule has 0 saturated carbocycles. The number of hydrogen-bond donors (Lipinski definition) is 7. The standard InChI is InChI=1S/C43H59BrF2N8O8/c1-25(2)36(51-34(56)22-44)41(60)49-26(3)39(58)50-32(42(61)62)14-10-11-18-48-40(59)31(47)17-19-53(35(57)24-55)38(43(4,5)6)37-28(20-27-12-8-7-9-13-27)23-54(52-37)33-21-29(45)15-16-30(33)46/h7-9,12-13,15-16,21,23,25-26,31-32,36,38,55H,10-11,14,17-20,22,24,47H2,1-6H3,(H,48,59)(H,49,60)(H,50,58)(H,51,56)(H,61,62)/t26-,31-,32-,36?,38-/m0/s1. The van der Waals surface area contributed by atoms with E-state index >= 15 is 4.39 Å². The molecule has 8 N–H and O–H groups in total. The highest BCUT2D eigenvalue weighted by Gasteiger charge is 2.39. The number of aliphatic hydroxyl groups is 1. The number of carboxylic acid groups (broad SMARTS) is 1. The molecule has 5 atom stereocenters. The maximum absolute atomic E-state index is 15.0. The molecule has 3 aromatic rings. The number of amides is 5. The number of nitrogens with one attached hydrogen (secondary N) is 4. The summed E-state index contributed by atoms with van der Waals surface area (Å²) in [6.45, 7) is 9.63. The van der Waals surface area contributed by atoms with Crippen LogP contribution in [0.4, 0.5) is 8.78 Å². The SMILES string of the molecule is CC(C)C(NC(=O)CBr)C(=O)N[C@@H](C)C(=O)N[C@@H](CCCCNC(=O)[C@@H](N)CCN(C(=O)CO)[C@@H](c1nn(-c2cc(F)ccc2F)cc1Cc1ccccc1)C(C)(C)C)C(=O)O. The number of nitrogens with two attached hydrogens (primary N) is 1. The van der Waals surface area contributed by atoms with Gasteiger partial charge >= 0.3 is 5.97 Å². The second-order valence-corrected chi connectivity index (χ2v) is 17.1. The van der Waals surface area contributed by atoms with Crippen LogP contribution >= 0.6 is 15.9 Å². The van der Waals surface area contributed by atoms with Gasteiger partial charge in [-0.2, -0.15) is 5.10 Å². The van der Waals surface area contributed by atoms with E-state index in [1.54, 1.807) is 20.0 Å². The molecule has 1 aromatic heterocycles. The van der Waals surface area contributed by atoms with Gasteiger partial charge in [0.05, 0.1) is 23.1 Å². The first-order chi connectivity index (χ1) is 29.2. The van der Waals surface area contributed by atoms with Crippen LogP contribution in [-0.4, -0.2) is 110 Å². The number of benzene rings is 2. The molecule has 16 nitrogen and oxygen atoms in total. The number of rotatable bonds is 23. The number of aliphatic carboxylic acids is 1. The van der Waals surface area contributed by atoms with Gasteiger partial charge in [-0.15, -0.1) is 0 Å². The lowest BCUT2D eigenvalue weighted by molar-refractivity contribution is -0.142. The number of hydrogen-bond acceptors (Lipinski definition) is 9. The van der Waals surface area contributed by atoms with Crippen molar-refractivity contribution < 1.29 is 47.8 Å².